The van der Waals surface area contributed by atoms with Crippen molar-refractivity contribution < 1.29 is 9.53 Å². The van der Waals surface area contributed by atoms with Crippen LogP contribution in [0.1, 0.15) is 15.9 Å². The van der Waals surface area contributed by atoms with Crippen molar-refractivity contribution >= 4 is 34.9 Å². The molecule has 0 saturated carbocycles. The highest BCUT2D eigenvalue weighted by atomic mass is 35.5. The maximum atomic E-state index is 12.3. The van der Waals surface area contributed by atoms with E-state index in [0.29, 0.717) is 27.2 Å². The molecule has 0 fully saturated rings. The molecule has 0 spiro atoms. The number of nitrogens with one attached hydrogen (secondary N) is 1. The van der Waals surface area contributed by atoms with Crippen molar-refractivity contribution in [2.75, 3.05) is 5.32 Å². The number of carbonyl (C=O) groups excluding carboxylic acids is 1. The molecule has 0 atom stereocenters. The minimum atomic E-state index is -0.235. The van der Waals surface area contributed by atoms with E-state index in [9.17, 15) is 4.79 Å². The lowest BCUT2D eigenvalue weighted by Crippen LogP contribution is -2.13. The SMILES string of the molecule is Cn1ccc(NC(=O)c2cccc(COc3cccc(Cl)c3Cl)c2)n1. The first kappa shape index (κ1) is 17.3. The van der Waals surface area contributed by atoms with Gasteiger partial charge < -0.3 is 10.1 Å². The number of hydrogen-bond donors (Lipinski definition) is 1. The van der Waals surface area contributed by atoms with E-state index in [1.165, 1.54) is 0 Å². The Kier molecular flexibility index (Phi) is 5.26. The number of aromatic nitrogens is 2. The van der Waals surface area contributed by atoms with Gasteiger partial charge in [0.15, 0.2) is 5.82 Å². The van der Waals surface area contributed by atoms with Crippen LogP contribution in [0.2, 0.25) is 10.0 Å². The van der Waals surface area contributed by atoms with Gasteiger partial charge in [-0.2, -0.15) is 5.10 Å². The van der Waals surface area contributed by atoms with Crippen LogP contribution in [0.5, 0.6) is 5.75 Å². The summed E-state index contributed by atoms with van der Waals surface area (Å²) in [7, 11) is 1.79. The average Bonchev–Trinajstić information content (AvgIpc) is 3.01. The maximum Gasteiger partial charge on any atom is 0.256 e. The Morgan fingerprint density at radius 3 is 2.76 bits per heavy atom. The molecule has 7 heteroatoms. The lowest BCUT2D eigenvalue weighted by molar-refractivity contribution is 0.102. The molecule has 0 aliphatic carbocycles. The number of nitrogens with zero attached hydrogens (tertiary/aromatic N) is 2. The fraction of sp³-hybridized carbons (Fsp3) is 0.111. The molecule has 3 rings (SSSR count). The molecule has 0 saturated heterocycles. The second-order valence-electron chi connectivity index (χ2n) is 5.37. The van der Waals surface area contributed by atoms with Crippen LogP contribution in [-0.4, -0.2) is 15.7 Å². The van der Waals surface area contributed by atoms with Crippen LogP contribution in [0.4, 0.5) is 5.82 Å². The van der Waals surface area contributed by atoms with Gasteiger partial charge in [0.25, 0.3) is 5.91 Å². The van der Waals surface area contributed by atoms with Gasteiger partial charge in [0.2, 0.25) is 0 Å². The van der Waals surface area contributed by atoms with Crippen LogP contribution in [0.15, 0.2) is 54.7 Å². The predicted molar refractivity (Wildman–Crippen MR) is 98.4 cm³/mol. The van der Waals surface area contributed by atoms with Gasteiger partial charge in [0.05, 0.1) is 5.02 Å². The summed E-state index contributed by atoms with van der Waals surface area (Å²) in [6.45, 7) is 0.269. The van der Waals surface area contributed by atoms with E-state index in [2.05, 4.69) is 10.4 Å². The van der Waals surface area contributed by atoms with Gasteiger partial charge in [-0.05, 0) is 29.8 Å². The fourth-order valence-corrected chi connectivity index (χ4v) is 2.58. The number of benzene rings is 2. The Hall–Kier alpha value is -2.50. The standard InChI is InChI=1S/C18H15Cl2N3O2/c1-23-9-8-16(22-23)21-18(24)13-5-2-4-12(10-13)11-25-15-7-3-6-14(19)17(15)20/h2-10H,11H2,1H3,(H,21,22,24). The molecule has 1 heterocycles. The minimum Gasteiger partial charge on any atom is -0.487 e. The number of amides is 1. The first-order chi connectivity index (χ1) is 12.0. The van der Waals surface area contributed by atoms with Crippen LogP contribution in [0.25, 0.3) is 0 Å². The number of hydrogen-bond acceptors (Lipinski definition) is 3. The average molecular weight is 376 g/mol. The van der Waals surface area contributed by atoms with Crippen LogP contribution >= 0.6 is 23.2 Å². The number of rotatable bonds is 5. The van der Waals surface area contributed by atoms with E-state index in [1.807, 2.05) is 6.07 Å². The number of ether oxygens (including phenoxy) is 1. The Balaban J connectivity index is 1.68. The van der Waals surface area contributed by atoms with E-state index in [0.717, 1.165) is 5.56 Å². The molecule has 0 bridgehead atoms. The van der Waals surface area contributed by atoms with Gasteiger partial charge in [0, 0.05) is 24.9 Å². The van der Waals surface area contributed by atoms with Crippen LogP contribution in [-0.2, 0) is 13.7 Å². The lowest BCUT2D eigenvalue weighted by atomic mass is 10.1. The molecule has 3 aromatic rings. The van der Waals surface area contributed by atoms with Gasteiger partial charge >= 0.3 is 0 Å². The zero-order valence-corrected chi connectivity index (χ0v) is 14.9. The van der Waals surface area contributed by atoms with Crippen LogP contribution < -0.4 is 10.1 Å². The summed E-state index contributed by atoms with van der Waals surface area (Å²) in [5.74, 6) is 0.763. The van der Waals surface area contributed by atoms with E-state index >= 15 is 0 Å². The highest BCUT2D eigenvalue weighted by Gasteiger charge is 2.10. The molecule has 1 amide bonds. The minimum absolute atomic E-state index is 0.235. The van der Waals surface area contributed by atoms with E-state index in [-0.39, 0.29) is 12.5 Å². The largest absolute Gasteiger partial charge is 0.487 e. The smallest absolute Gasteiger partial charge is 0.256 e. The Morgan fingerprint density at radius 2 is 2.00 bits per heavy atom. The molecule has 2 aromatic carbocycles. The molecular weight excluding hydrogens is 361 g/mol. The summed E-state index contributed by atoms with van der Waals surface area (Å²) in [6, 6.07) is 14.1. The zero-order valence-electron chi connectivity index (χ0n) is 13.4. The molecule has 128 valence electrons. The summed E-state index contributed by atoms with van der Waals surface area (Å²) in [5, 5.41) is 7.67. The summed E-state index contributed by atoms with van der Waals surface area (Å²) in [4.78, 5) is 12.3. The second-order valence-corrected chi connectivity index (χ2v) is 6.15. The summed E-state index contributed by atoms with van der Waals surface area (Å²) in [5.41, 5.74) is 1.36. The molecule has 0 unspecified atom stereocenters. The summed E-state index contributed by atoms with van der Waals surface area (Å²) >= 11 is 12.1. The van der Waals surface area contributed by atoms with Gasteiger partial charge in [0.1, 0.15) is 17.4 Å². The topological polar surface area (TPSA) is 56.2 Å². The van der Waals surface area contributed by atoms with Crippen LogP contribution in [0.3, 0.4) is 0 Å². The van der Waals surface area contributed by atoms with Crippen molar-refractivity contribution in [2.45, 2.75) is 6.61 Å². The van der Waals surface area contributed by atoms with Crippen molar-refractivity contribution in [3.8, 4) is 5.75 Å². The highest BCUT2D eigenvalue weighted by molar-refractivity contribution is 6.42. The van der Waals surface area contributed by atoms with E-state index in [1.54, 1.807) is 60.4 Å². The van der Waals surface area contributed by atoms with Gasteiger partial charge in [-0.1, -0.05) is 41.4 Å². The molecule has 0 radical (unpaired) electrons. The quantitative estimate of drug-likeness (QED) is 0.710. The van der Waals surface area contributed by atoms with Crippen molar-refractivity contribution in [3.05, 3.63) is 75.9 Å². The first-order valence-electron chi connectivity index (χ1n) is 7.49. The first-order valence-corrected chi connectivity index (χ1v) is 8.25. The van der Waals surface area contributed by atoms with Crippen molar-refractivity contribution in [1.29, 1.82) is 0 Å². The molecule has 1 aromatic heterocycles. The third-order valence-corrected chi connectivity index (χ3v) is 4.26. The predicted octanol–water partition coefficient (Wildman–Crippen LogP) is 4.56. The Labute approximate surface area is 155 Å². The Morgan fingerprint density at radius 1 is 1.20 bits per heavy atom. The lowest BCUT2D eigenvalue weighted by Gasteiger charge is -2.10. The number of anilines is 1. The molecule has 0 aliphatic rings. The molecule has 0 aliphatic heterocycles. The highest BCUT2D eigenvalue weighted by Crippen LogP contribution is 2.31. The van der Waals surface area contributed by atoms with Gasteiger partial charge in [-0.15, -0.1) is 0 Å². The zero-order chi connectivity index (χ0) is 17.8. The summed E-state index contributed by atoms with van der Waals surface area (Å²) in [6.07, 6.45) is 1.76. The van der Waals surface area contributed by atoms with Gasteiger partial charge in [-0.25, -0.2) is 0 Å². The number of carbonyl (C=O) groups is 1. The monoisotopic (exact) mass is 375 g/mol. The van der Waals surface area contributed by atoms with Gasteiger partial charge in [-0.3, -0.25) is 9.48 Å². The molecule has 1 N–H and O–H groups in total. The fourth-order valence-electron chi connectivity index (χ4n) is 2.23. The van der Waals surface area contributed by atoms with Crippen molar-refractivity contribution in [1.82, 2.24) is 9.78 Å². The second kappa shape index (κ2) is 7.59. The molecule has 5 nitrogen and oxygen atoms in total. The number of aryl methyl sites for hydroxylation is 1. The van der Waals surface area contributed by atoms with Crippen molar-refractivity contribution in [2.24, 2.45) is 7.05 Å². The van der Waals surface area contributed by atoms with Crippen LogP contribution in [0, 0.1) is 0 Å². The Bertz CT molecular complexity index is 909. The maximum absolute atomic E-state index is 12.3. The normalized spacial score (nSPS) is 10.5. The van der Waals surface area contributed by atoms with E-state index in [4.69, 9.17) is 27.9 Å². The summed E-state index contributed by atoms with van der Waals surface area (Å²) < 4.78 is 7.32. The third kappa shape index (κ3) is 4.32. The number of halogens is 2. The third-order valence-electron chi connectivity index (χ3n) is 3.45. The molecule has 25 heavy (non-hydrogen) atoms. The van der Waals surface area contributed by atoms with E-state index < -0.39 is 0 Å². The molecular formula is C18H15Cl2N3O2. The van der Waals surface area contributed by atoms with Crippen molar-refractivity contribution in [3.63, 3.8) is 0 Å².